The van der Waals surface area contributed by atoms with Gasteiger partial charge in [0, 0.05) is 31.3 Å². The lowest BCUT2D eigenvalue weighted by Crippen LogP contribution is -2.37. The van der Waals surface area contributed by atoms with Crippen LogP contribution in [0.3, 0.4) is 0 Å². The molecule has 12 heteroatoms. The highest BCUT2D eigenvalue weighted by molar-refractivity contribution is 5.62. The molecule has 0 bridgehead atoms. The maximum absolute atomic E-state index is 12.3. The number of nitrogens with zero attached hydrogens (tertiary/aromatic N) is 5. The number of nitrogens with two attached hydrogens (primary N) is 1. The Bertz CT molecular complexity index is 1180. The predicted octanol–water partition coefficient (Wildman–Crippen LogP) is 1.51. The number of benzene rings is 1. The fourth-order valence-corrected chi connectivity index (χ4v) is 2.96. The zero-order chi connectivity index (χ0) is 21.8. The summed E-state index contributed by atoms with van der Waals surface area (Å²) in [5, 5.41) is 14.8. The first-order valence-corrected chi connectivity index (χ1v) is 9.23. The van der Waals surface area contributed by atoms with Gasteiger partial charge in [-0.1, -0.05) is 30.6 Å². The van der Waals surface area contributed by atoms with Crippen molar-refractivity contribution in [2.24, 2.45) is 0 Å². The zero-order valence-electron chi connectivity index (χ0n) is 16.5. The van der Waals surface area contributed by atoms with Crippen LogP contribution in [-0.4, -0.2) is 31.7 Å². The van der Waals surface area contributed by atoms with Crippen LogP contribution in [0.5, 0.6) is 0 Å². The summed E-state index contributed by atoms with van der Waals surface area (Å²) in [6.07, 6.45) is 1.59. The summed E-state index contributed by atoms with van der Waals surface area (Å²) < 4.78 is 6.53. The number of nitrogen functional groups attached to an aromatic ring is 1. The highest BCUT2D eigenvalue weighted by Gasteiger charge is 2.19. The van der Waals surface area contributed by atoms with Gasteiger partial charge in [0.1, 0.15) is 11.5 Å². The summed E-state index contributed by atoms with van der Waals surface area (Å²) in [5.41, 5.74) is 5.35. The molecule has 0 radical (unpaired) electrons. The lowest BCUT2D eigenvalue weighted by atomic mass is 10.2. The van der Waals surface area contributed by atoms with Gasteiger partial charge in [-0.2, -0.15) is 4.98 Å². The number of hydrogen-bond acceptors (Lipinski definition) is 9. The highest BCUT2D eigenvalue weighted by atomic mass is 16.6. The molecule has 3 rings (SSSR count). The molecular formula is C18H21N7O5. The van der Waals surface area contributed by atoms with Gasteiger partial charge >= 0.3 is 5.69 Å². The first-order chi connectivity index (χ1) is 14.3. The van der Waals surface area contributed by atoms with E-state index in [9.17, 15) is 19.7 Å². The minimum absolute atomic E-state index is 0.0428. The number of unbranched alkanes of at least 4 members (excludes halogenated alkanes) is 1. The van der Waals surface area contributed by atoms with E-state index in [0.717, 1.165) is 12.8 Å². The first-order valence-electron chi connectivity index (χ1n) is 9.23. The number of nitrogens with one attached hydrogen (secondary N) is 1. The SMILES string of the molecule is CCCCn1c(N)c(N(C)Cc2nc(-c3cccc([N+](=O)[O-])c3)no2)c(=O)[nH]c1=O. The van der Waals surface area contributed by atoms with Gasteiger partial charge < -0.3 is 15.2 Å². The molecule has 12 nitrogen and oxygen atoms in total. The van der Waals surface area contributed by atoms with Crippen LogP contribution in [0.4, 0.5) is 17.2 Å². The molecule has 0 aliphatic rings. The zero-order valence-corrected chi connectivity index (χ0v) is 16.5. The third-order valence-electron chi connectivity index (χ3n) is 4.49. The van der Waals surface area contributed by atoms with Gasteiger partial charge in [-0.05, 0) is 6.42 Å². The van der Waals surface area contributed by atoms with Crippen LogP contribution < -0.4 is 21.9 Å². The second-order valence-corrected chi connectivity index (χ2v) is 6.67. The van der Waals surface area contributed by atoms with Crippen molar-refractivity contribution in [1.82, 2.24) is 19.7 Å². The van der Waals surface area contributed by atoms with E-state index in [-0.39, 0.29) is 35.5 Å². The van der Waals surface area contributed by atoms with Gasteiger partial charge in [0.15, 0.2) is 0 Å². The number of nitro benzene ring substituents is 1. The van der Waals surface area contributed by atoms with Gasteiger partial charge in [0.2, 0.25) is 11.7 Å². The number of nitro groups is 1. The average molecular weight is 415 g/mol. The standard InChI is InChI=1S/C18H21N7O5/c1-3-4-8-24-15(19)14(17(26)21-18(24)27)23(2)10-13-20-16(22-30-13)11-6-5-7-12(9-11)25(28)29/h5-7,9H,3-4,8,10,19H2,1-2H3,(H,21,26,27). The van der Waals surface area contributed by atoms with Gasteiger partial charge in [-0.15, -0.1) is 0 Å². The lowest BCUT2D eigenvalue weighted by Gasteiger charge is -2.20. The largest absolute Gasteiger partial charge is 0.383 e. The van der Waals surface area contributed by atoms with Gasteiger partial charge in [-0.25, -0.2) is 4.79 Å². The van der Waals surface area contributed by atoms with E-state index in [1.54, 1.807) is 13.1 Å². The number of non-ortho nitro benzene ring substituents is 1. The van der Waals surface area contributed by atoms with E-state index < -0.39 is 16.2 Å². The molecule has 2 aromatic heterocycles. The van der Waals surface area contributed by atoms with Crippen molar-refractivity contribution in [2.45, 2.75) is 32.9 Å². The van der Waals surface area contributed by atoms with E-state index in [4.69, 9.17) is 10.3 Å². The van der Waals surface area contributed by atoms with Gasteiger partial charge in [0.05, 0.1) is 11.5 Å². The molecular weight excluding hydrogens is 394 g/mol. The lowest BCUT2D eigenvalue weighted by molar-refractivity contribution is -0.384. The van der Waals surface area contributed by atoms with Gasteiger partial charge in [-0.3, -0.25) is 24.5 Å². The van der Waals surface area contributed by atoms with E-state index in [0.29, 0.717) is 12.1 Å². The van der Waals surface area contributed by atoms with Crippen LogP contribution in [0.1, 0.15) is 25.7 Å². The van der Waals surface area contributed by atoms with Crippen molar-refractivity contribution >= 4 is 17.2 Å². The Labute approximate surface area is 170 Å². The Hall–Kier alpha value is -3.96. The maximum Gasteiger partial charge on any atom is 0.330 e. The first kappa shape index (κ1) is 20.8. The maximum atomic E-state index is 12.3. The second-order valence-electron chi connectivity index (χ2n) is 6.67. The quantitative estimate of drug-likeness (QED) is 0.409. The molecule has 2 heterocycles. The van der Waals surface area contributed by atoms with Crippen LogP contribution >= 0.6 is 0 Å². The third kappa shape index (κ3) is 4.21. The molecule has 3 aromatic rings. The monoisotopic (exact) mass is 415 g/mol. The topological polar surface area (TPSA) is 166 Å². The van der Waals surface area contributed by atoms with Crippen molar-refractivity contribution < 1.29 is 9.45 Å². The number of aromatic amines is 1. The Morgan fingerprint density at radius 1 is 1.37 bits per heavy atom. The molecule has 0 atom stereocenters. The van der Waals surface area contributed by atoms with Gasteiger partial charge in [0.25, 0.3) is 11.2 Å². The average Bonchev–Trinajstić information content (AvgIpc) is 3.16. The normalized spacial score (nSPS) is 10.9. The Kier molecular flexibility index (Phi) is 5.95. The molecule has 0 spiro atoms. The van der Waals surface area contributed by atoms with E-state index in [1.165, 1.54) is 27.7 Å². The summed E-state index contributed by atoms with van der Waals surface area (Å²) >= 11 is 0. The van der Waals surface area contributed by atoms with Crippen molar-refractivity contribution in [2.75, 3.05) is 17.7 Å². The molecule has 0 aliphatic carbocycles. The summed E-state index contributed by atoms with van der Waals surface area (Å²) in [5.74, 6) is 0.402. The highest BCUT2D eigenvalue weighted by Crippen LogP contribution is 2.22. The van der Waals surface area contributed by atoms with Crippen molar-refractivity contribution in [3.8, 4) is 11.4 Å². The fourth-order valence-electron chi connectivity index (χ4n) is 2.96. The number of aromatic nitrogens is 4. The molecule has 1 aromatic carbocycles. The van der Waals surface area contributed by atoms with Crippen LogP contribution in [0.2, 0.25) is 0 Å². The number of anilines is 2. The molecule has 30 heavy (non-hydrogen) atoms. The number of rotatable bonds is 8. The van der Waals surface area contributed by atoms with E-state index in [1.807, 2.05) is 6.92 Å². The molecule has 3 N–H and O–H groups in total. The number of hydrogen-bond donors (Lipinski definition) is 2. The van der Waals surface area contributed by atoms with Crippen LogP contribution in [0.25, 0.3) is 11.4 Å². The van der Waals surface area contributed by atoms with E-state index >= 15 is 0 Å². The Morgan fingerprint density at radius 2 is 2.13 bits per heavy atom. The molecule has 158 valence electrons. The second kappa shape index (κ2) is 8.59. The summed E-state index contributed by atoms with van der Waals surface area (Å²) in [7, 11) is 1.60. The Balaban J connectivity index is 1.86. The predicted molar refractivity (Wildman–Crippen MR) is 109 cm³/mol. The molecule has 0 saturated carbocycles. The summed E-state index contributed by atoms with van der Waals surface area (Å²) in [4.78, 5) is 42.8. The Morgan fingerprint density at radius 3 is 2.83 bits per heavy atom. The summed E-state index contributed by atoms with van der Waals surface area (Å²) in [6.45, 7) is 2.41. The summed E-state index contributed by atoms with van der Waals surface area (Å²) in [6, 6.07) is 5.85. The molecule has 0 unspecified atom stereocenters. The van der Waals surface area contributed by atoms with Crippen molar-refractivity contribution in [3.05, 3.63) is 61.1 Å². The van der Waals surface area contributed by atoms with Crippen molar-refractivity contribution in [3.63, 3.8) is 0 Å². The minimum Gasteiger partial charge on any atom is -0.383 e. The van der Waals surface area contributed by atoms with Crippen LogP contribution in [-0.2, 0) is 13.1 Å². The molecule has 0 amide bonds. The molecule has 0 saturated heterocycles. The molecule has 0 aliphatic heterocycles. The molecule has 0 fully saturated rings. The smallest absolute Gasteiger partial charge is 0.330 e. The fraction of sp³-hybridized carbons (Fsp3) is 0.333. The third-order valence-corrected chi connectivity index (χ3v) is 4.49. The van der Waals surface area contributed by atoms with Crippen LogP contribution in [0.15, 0.2) is 38.4 Å². The van der Waals surface area contributed by atoms with Crippen molar-refractivity contribution in [1.29, 1.82) is 0 Å². The van der Waals surface area contributed by atoms with Crippen LogP contribution in [0, 0.1) is 10.1 Å². The minimum atomic E-state index is -0.619. The van der Waals surface area contributed by atoms with E-state index in [2.05, 4.69) is 15.1 Å². The number of H-pyrrole nitrogens is 1.